The van der Waals surface area contributed by atoms with E-state index in [1.807, 2.05) is 0 Å². The molecule has 0 atom stereocenters. The summed E-state index contributed by atoms with van der Waals surface area (Å²) in [4.78, 5) is 0. The van der Waals surface area contributed by atoms with Gasteiger partial charge in [0.25, 0.3) is 0 Å². The molecule has 0 spiro atoms. The van der Waals surface area contributed by atoms with Crippen LogP contribution in [0.15, 0.2) is 18.2 Å². The van der Waals surface area contributed by atoms with Crippen LogP contribution in [0.25, 0.3) is 0 Å². The molecule has 0 heterocycles. The third-order valence-corrected chi connectivity index (χ3v) is 4.76. The lowest BCUT2D eigenvalue weighted by Crippen LogP contribution is -2.15. The molecule has 1 aromatic rings. The van der Waals surface area contributed by atoms with Crippen molar-refractivity contribution < 1.29 is 8.78 Å². The van der Waals surface area contributed by atoms with Crippen LogP contribution in [0.5, 0.6) is 0 Å². The lowest BCUT2D eigenvalue weighted by atomic mass is 9.78. The second-order valence-corrected chi connectivity index (χ2v) is 6.32. The zero-order valence-electron chi connectivity index (χ0n) is 12.5. The van der Waals surface area contributed by atoms with Gasteiger partial charge in [0.2, 0.25) is 0 Å². The van der Waals surface area contributed by atoms with E-state index in [1.54, 1.807) is 6.07 Å². The largest absolute Gasteiger partial charge is 0.204 e. The summed E-state index contributed by atoms with van der Waals surface area (Å²) in [7, 11) is 0. The van der Waals surface area contributed by atoms with Gasteiger partial charge in [0.15, 0.2) is 11.6 Å². The molecule has 112 valence electrons. The molecule has 0 saturated heterocycles. The number of halogens is 2. The van der Waals surface area contributed by atoms with Gasteiger partial charge in [-0.15, -0.1) is 0 Å². The third kappa shape index (κ3) is 4.57. The van der Waals surface area contributed by atoms with E-state index in [0.29, 0.717) is 0 Å². The molecular weight excluding hydrogens is 254 g/mol. The van der Waals surface area contributed by atoms with Gasteiger partial charge in [-0.3, -0.25) is 0 Å². The topological polar surface area (TPSA) is 0 Å². The second kappa shape index (κ2) is 7.75. The van der Waals surface area contributed by atoms with Crippen LogP contribution in [-0.4, -0.2) is 0 Å². The highest BCUT2D eigenvalue weighted by molar-refractivity contribution is 5.17. The average Bonchev–Trinajstić information content (AvgIpc) is 2.47. The van der Waals surface area contributed by atoms with E-state index in [0.717, 1.165) is 30.2 Å². The molecule has 1 aliphatic carbocycles. The van der Waals surface area contributed by atoms with Crippen molar-refractivity contribution >= 4 is 0 Å². The first kappa shape index (κ1) is 15.5. The Balaban J connectivity index is 1.71. The van der Waals surface area contributed by atoms with Crippen molar-refractivity contribution in [1.82, 2.24) is 0 Å². The highest BCUT2D eigenvalue weighted by Crippen LogP contribution is 2.34. The number of rotatable bonds is 6. The number of unbranched alkanes of at least 4 members (excludes halogenated alkanes) is 1. The van der Waals surface area contributed by atoms with E-state index in [-0.39, 0.29) is 0 Å². The van der Waals surface area contributed by atoms with E-state index in [2.05, 4.69) is 6.92 Å². The molecule has 0 unspecified atom stereocenters. The zero-order valence-corrected chi connectivity index (χ0v) is 12.5. The maximum Gasteiger partial charge on any atom is 0.159 e. The van der Waals surface area contributed by atoms with Crippen LogP contribution in [0.4, 0.5) is 8.78 Å². The molecule has 0 nitrogen and oxygen atoms in total. The van der Waals surface area contributed by atoms with Gasteiger partial charge in [-0.25, -0.2) is 8.78 Å². The molecule has 0 radical (unpaired) electrons. The summed E-state index contributed by atoms with van der Waals surface area (Å²) in [6.07, 6.45) is 11.4. The fourth-order valence-corrected chi connectivity index (χ4v) is 3.37. The monoisotopic (exact) mass is 280 g/mol. The Morgan fingerprint density at radius 3 is 2.20 bits per heavy atom. The number of aryl methyl sites for hydroxylation is 1. The SMILES string of the molecule is CCCC[C@H]1CC[C@H](CCc2ccc(F)c(F)c2)CC1. The van der Waals surface area contributed by atoms with Gasteiger partial charge in [-0.2, -0.15) is 0 Å². The summed E-state index contributed by atoms with van der Waals surface area (Å²) in [5, 5.41) is 0. The molecule has 0 N–H and O–H groups in total. The summed E-state index contributed by atoms with van der Waals surface area (Å²) in [5.74, 6) is 0.256. The van der Waals surface area contributed by atoms with Crippen molar-refractivity contribution in [3.05, 3.63) is 35.4 Å². The maximum atomic E-state index is 13.1. The van der Waals surface area contributed by atoms with Crippen LogP contribution in [-0.2, 0) is 6.42 Å². The van der Waals surface area contributed by atoms with Crippen LogP contribution in [0, 0.1) is 23.5 Å². The number of hydrogen-bond donors (Lipinski definition) is 0. The zero-order chi connectivity index (χ0) is 14.4. The van der Waals surface area contributed by atoms with E-state index in [9.17, 15) is 8.78 Å². The van der Waals surface area contributed by atoms with Gasteiger partial charge in [0.05, 0.1) is 0 Å². The minimum Gasteiger partial charge on any atom is -0.204 e. The van der Waals surface area contributed by atoms with E-state index < -0.39 is 11.6 Å². The van der Waals surface area contributed by atoms with Crippen molar-refractivity contribution in [3.63, 3.8) is 0 Å². The summed E-state index contributed by atoms with van der Waals surface area (Å²) in [5.41, 5.74) is 0.928. The summed E-state index contributed by atoms with van der Waals surface area (Å²) in [6.45, 7) is 2.26. The molecule has 1 fully saturated rings. The highest BCUT2D eigenvalue weighted by atomic mass is 19.2. The Morgan fingerprint density at radius 1 is 0.950 bits per heavy atom. The van der Waals surface area contributed by atoms with Crippen LogP contribution in [0.3, 0.4) is 0 Å². The molecule has 0 aromatic heterocycles. The minimum atomic E-state index is -0.745. The average molecular weight is 280 g/mol. The highest BCUT2D eigenvalue weighted by Gasteiger charge is 2.20. The van der Waals surface area contributed by atoms with Gasteiger partial charge >= 0.3 is 0 Å². The lowest BCUT2D eigenvalue weighted by molar-refractivity contribution is 0.250. The third-order valence-electron chi connectivity index (χ3n) is 4.76. The second-order valence-electron chi connectivity index (χ2n) is 6.32. The first-order valence-corrected chi connectivity index (χ1v) is 8.13. The van der Waals surface area contributed by atoms with E-state index in [1.165, 1.54) is 57.1 Å². The maximum absolute atomic E-state index is 13.1. The van der Waals surface area contributed by atoms with Gasteiger partial charge < -0.3 is 0 Å². The van der Waals surface area contributed by atoms with Crippen LogP contribution < -0.4 is 0 Å². The molecule has 1 saturated carbocycles. The summed E-state index contributed by atoms with van der Waals surface area (Å²) >= 11 is 0. The lowest BCUT2D eigenvalue weighted by Gasteiger charge is -2.28. The summed E-state index contributed by atoms with van der Waals surface area (Å²) < 4.78 is 26.0. The van der Waals surface area contributed by atoms with E-state index >= 15 is 0 Å². The Labute approximate surface area is 121 Å². The molecule has 0 amide bonds. The van der Waals surface area contributed by atoms with Gasteiger partial charge in [0.1, 0.15) is 0 Å². The Morgan fingerprint density at radius 2 is 1.60 bits per heavy atom. The van der Waals surface area contributed by atoms with Crippen molar-refractivity contribution in [1.29, 1.82) is 0 Å². The molecule has 1 aromatic carbocycles. The predicted octanol–water partition coefficient (Wildman–Crippen LogP) is 5.89. The number of benzene rings is 1. The quantitative estimate of drug-likeness (QED) is 0.609. The van der Waals surface area contributed by atoms with Crippen molar-refractivity contribution in [2.75, 3.05) is 0 Å². The van der Waals surface area contributed by atoms with Crippen molar-refractivity contribution in [3.8, 4) is 0 Å². The molecule has 0 bridgehead atoms. The van der Waals surface area contributed by atoms with Crippen LogP contribution in [0.2, 0.25) is 0 Å². The standard InChI is InChI=1S/C18H26F2/c1-2-3-4-14-5-7-15(8-6-14)9-10-16-11-12-17(19)18(20)13-16/h11-15H,2-10H2,1H3/t14-,15-. The molecular formula is C18H26F2. The predicted molar refractivity (Wildman–Crippen MR) is 79.7 cm³/mol. The fourth-order valence-electron chi connectivity index (χ4n) is 3.37. The normalized spacial score (nSPS) is 22.9. The first-order valence-electron chi connectivity index (χ1n) is 8.13. The molecule has 20 heavy (non-hydrogen) atoms. The fraction of sp³-hybridized carbons (Fsp3) is 0.667. The Kier molecular flexibility index (Phi) is 6.00. The Bertz CT molecular complexity index is 406. The molecule has 1 aliphatic rings. The van der Waals surface area contributed by atoms with Gasteiger partial charge in [-0.05, 0) is 42.4 Å². The smallest absolute Gasteiger partial charge is 0.159 e. The Hall–Kier alpha value is -0.920. The summed E-state index contributed by atoms with van der Waals surface area (Å²) in [6, 6.07) is 4.31. The van der Waals surface area contributed by atoms with Crippen LogP contribution >= 0.6 is 0 Å². The van der Waals surface area contributed by atoms with Crippen molar-refractivity contribution in [2.45, 2.75) is 64.7 Å². The molecule has 2 rings (SSSR count). The molecule has 0 aliphatic heterocycles. The minimum absolute atomic E-state index is 0.717. The molecule has 2 heteroatoms. The first-order chi connectivity index (χ1) is 9.69. The number of hydrogen-bond acceptors (Lipinski definition) is 0. The van der Waals surface area contributed by atoms with Gasteiger partial charge in [0, 0.05) is 0 Å². The van der Waals surface area contributed by atoms with Crippen molar-refractivity contribution in [2.24, 2.45) is 11.8 Å². The van der Waals surface area contributed by atoms with Crippen LogP contribution in [0.1, 0.15) is 63.9 Å². The van der Waals surface area contributed by atoms with Gasteiger partial charge in [-0.1, -0.05) is 57.9 Å². The van der Waals surface area contributed by atoms with E-state index in [4.69, 9.17) is 0 Å².